The van der Waals surface area contributed by atoms with Crippen molar-refractivity contribution in [2.75, 3.05) is 31.1 Å². The maximum Gasteiger partial charge on any atom is 0.269 e. The molecule has 1 aromatic heterocycles. The van der Waals surface area contributed by atoms with Gasteiger partial charge in [0.2, 0.25) is 5.91 Å². The minimum atomic E-state index is -0.532. The third kappa shape index (κ3) is 4.27. The number of rotatable bonds is 3. The van der Waals surface area contributed by atoms with Crippen molar-refractivity contribution < 1.29 is 11.0 Å². The van der Waals surface area contributed by atoms with E-state index in [1.165, 1.54) is 56.0 Å². The Bertz CT molecular complexity index is 1100. The number of piperidine rings is 3. The Hall–Kier alpha value is -2.77. The first-order valence-electron chi connectivity index (χ1n) is 11.4. The Morgan fingerprint density at radius 1 is 1.06 bits per heavy atom. The first-order chi connectivity index (χ1) is 15.6. The fourth-order valence-electron chi connectivity index (χ4n) is 5.04. The lowest BCUT2D eigenvalue weighted by atomic mass is 9.89. The lowest BCUT2D eigenvalue weighted by Crippen LogP contribution is -2.41. The van der Waals surface area contributed by atoms with Crippen LogP contribution < -0.4 is 10.6 Å². The smallest absolute Gasteiger partial charge is 0.269 e. The van der Waals surface area contributed by atoms with E-state index in [9.17, 15) is 9.59 Å². The molecule has 2 amide bonds. The topological polar surface area (TPSA) is 79.5 Å². The molecule has 5 heterocycles. The quantitative estimate of drug-likeness (QED) is 0.646. The van der Waals surface area contributed by atoms with Gasteiger partial charge in [-0.3, -0.25) is 9.59 Å². The van der Waals surface area contributed by atoms with Crippen molar-refractivity contribution in [2.24, 2.45) is 11.7 Å². The molecular weight excluding hydrogens is 420 g/mol. The number of hydrogen-bond donors (Lipinski definition) is 1. The summed E-state index contributed by atoms with van der Waals surface area (Å²) in [4.78, 5) is 28.2. The molecule has 1 atom stereocenters. The van der Waals surface area contributed by atoms with Crippen LogP contribution in [0.25, 0.3) is 10.1 Å². The van der Waals surface area contributed by atoms with E-state index in [0.29, 0.717) is 13.0 Å². The normalized spacial score (nSPS) is 24.4. The number of carbonyl (C=O) groups excluding carboxylic acids is 2. The summed E-state index contributed by atoms with van der Waals surface area (Å²) in [5.74, 6) is 0.898. The third-order valence-corrected chi connectivity index (χ3v) is 7.77. The minimum absolute atomic E-state index is 0. The van der Waals surface area contributed by atoms with Gasteiger partial charge in [-0.05, 0) is 80.1 Å². The van der Waals surface area contributed by atoms with Crippen LogP contribution in [0.4, 0.5) is 5.69 Å². The molecule has 7 heteroatoms. The summed E-state index contributed by atoms with van der Waals surface area (Å²) >= 11 is 1.22. The van der Waals surface area contributed by atoms with E-state index in [1.54, 1.807) is 4.90 Å². The van der Waals surface area contributed by atoms with Gasteiger partial charge in [0, 0.05) is 31.4 Å². The molecule has 4 fully saturated rings. The summed E-state index contributed by atoms with van der Waals surface area (Å²) in [6.07, 6.45) is 4.97. The zero-order valence-electron chi connectivity index (χ0n) is 18.1. The van der Waals surface area contributed by atoms with Crippen LogP contribution in [0.3, 0.4) is 0 Å². The van der Waals surface area contributed by atoms with Crippen LogP contribution in [0.15, 0.2) is 48.5 Å². The summed E-state index contributed by atoms with van der Waals surface area (Å²) in [6, 6.07) is 15.7. The summed E-state index contributed by atoms with van der Waals surface area (Å²) in [6.45, 7) is 4.84. The highest BCUT2D eigenvalue weighted by Crippen LogP contribution is 2.34. The first-order valence-corrected chi connectivity index (χ1v) is 12.1. The molecule has 3 aromatic rings. The molecule has 2 bridgehead atoms. The van der Waals surface area contributed by atoms with Crippen LogP contribution in [0.2, 0.25) is 0 Å². The summed E-state index contributed by atoms with van der Waals surface area (Å²) in [7, 11) is 0. The number of amides is 2. The molecule has 2 aromatic carbocycles. The predicted molar refractivity (Wildman–Crippen MR) is 130 cm³/mol. The fourth-order valence-corrected chi connectivity index (χ4v) is 5.86. The molecule has 6 nitrogen and oxygen atoms in total. The number of benzene rings is 2. The first kappa shape index (κ1) is 21.1. The Kier molecular flexibility index (Phi) is 5.93. The molecule has 0 radical (unpaired) electrons. The molecule has 7 rings (SSSR count). The molecule has 4 aliphatic rings. The van der Waals surface area contributed by atoms with Crippen LogP contribution in [-0.4, -0.2) is 47.3 Å². The number of fused-ring (bicyclic) bond motifs is 4. The number of carbonyl (C=O) groups is 2. The Morgan fingerprint density at radius 2 is 1.78 bits per heavy atom. The van der Waals surface area contributed by atoms with E-state index in [-0.39, 0.29) is 18.9 Å². The van der Waals surface area contributed by atoms with Gasteiger partial charge in [0.1, 0.15) is 5.69 Å². The summed E-state index contributed by atoms with van der Waals surface area (Å²) < 4.78 is 4.97. The highest BCUT2D eigenvalue weighted by Gasteiger charge is 2.31. The molecule has 4 saturated heterocycles. The maximum atomic E-state index is 12.4. The molecular formula is C25H30N4O2S. The van der Waals surface area contributed by atoms with E-state index >= 15 is 0 Å². The third-order valence-electron chi connectivity index (χ3n) is 6.96. The SMILES string of the molecule is C1CN2CCC1CC2.NC(=O)c1nsc2cc(N3CC(c4ccccc4)CC3=O)ccc12.[HH]. The summed E-state index contributed by atoms with van der Waals surface area (Å²) in [5.41, 5.74) is 7.64. The van der Waals surface area contributed by atoms with Gasteiger partial charge in [0.05, 0.1) is 4.70 Å². The molecule has 168 valence electrons. The number of nitrogens with two attached hydrogens (primary N) is 1. The average Bonchev–Trinajstić information content (AvgIpc) is 3.44. The standard InChI is InChI=1S/C18H15N3O2S.C7H13N.H2/c19-18(23)17-14-7-6-13(9-15(14)24-20-17)21-10-12(8-16(21)22)11-4-2-1-3-5-11;1-4-8-5-2-7(1)3-6-8;/h1-7,9,12H,8,10H2,(H2,19,23);7H,1-6H2;1H. The van der Waals surface area contributed by atoms with Gasteiger partial charge in [-0.15, -0.1) is 0 Å². The molecule has 2 N–H and O–H groups in total. The molecule has 4 aliphatic heterocycles. The van der Waals surface area contributed by atoms with Crippen LogP contribution in [0, 0.1) is 5.92 Å². The Labute approximate surface area is 193 Å². The van der Waals surface area contributed by atoms with Crippen LogP contribution in [0.5, 0.6) is 0 Å². The average molecular weight is 451 g/mol. The van der Waals surface area contributed by atoms with Gasteiger partial charge >= 0.3 is 0 Å². The van der Waals surface area contributed by atoms with Crippen molar-refractivity contribution in [1.82, 2.24) is 9.27 Å². The second kappa shape index (κ2) is 9.00. The van der Waals surface area contributed by atoms with E-state index in [4.69, 9.17) is 5.73 Å². The van der Waals surface area contributed by atoms with Crippen LogP contribution in [-0.2, 0) is 4.79 Å². The number of nitrogens with zero attached hydrogens (tertiary/aromatic N) is 3. The van der Waals surface area contributed by atoms with E-state index < -0.39 is 5.91 Å². The van der Waals surface area contributed by atoms with Crippen molar-refractivity contribution >= 4 is 39.1 Å². The van der Waals surface area contributed by atoms with Crippen molar-refractivity contribution in [3.63, 3.8) is 0 Å². The zero-order valence-corrected chi connectivity index (χ0v) is 18.9. The van der Waals surface area contributed by atoms with Gasteiger partial charge in [-0.25, -0.2) is 0 Å². The molecule has 0 aliphatic carbocycles. The van der Waals surface area contributed by atoms with Gasteiger partial charge < -0.3 is 15.5 Å². The monoisotopic (exact) mass is 450 g/mol. The van der Waals surface area contributed by atoms with Gasteiger partial charge in [0.15, 0.2) is 0 Å². The lowest BCUT2D eigenvalue weighted by molar-refractivity contribution is -0.117. The fraction of sp³-hybridized carbons (Fsp3) is 0.400. The summed E-state index contributed by atoms with van der Waals surface area (Å²) in [5, 5.41) is 0.738. The van der Waals surface area contributed by atoms with Crippen LogP contribution in [0.1, 0.15) is 49.1 Å². The minimum Gasteiger partial charge on any atom is -0.364 e. The highest BCUT2D eigenvalue weighted by atomic mass is 32.1. The van der Waals surface area contributed by atoms with Gasteiger partial charge in [-0.1, -0.05) is 30.3 Å². The second-order valence-corrected chi connectivity index (χ2v) is 9.77. The molecule has 0 spiro atoms. The van der Waals surface area contributed by atoms with Crippen molar-refractivity contribution in [1.29, 1.82) is 0 Å². The number of hydrogen-bond acceptors (Lipinski definition) is 5. The van der Waals surface area contributed by atoms with Crippen LogP contribution >= 0.6 is 11.5 Å². The van der Waals surface area contributed by atoms with E-state index in [1.807, 2.05) is 36.4 Å². The molecule has 1 unspecified atom stereocenters. The van der Waals surface area contributed by atoms with Crippen molar-refractivity contribution in [3.8, 4) is 0 Å². The number of aromatic nitrogens is 1. The van der Waals surface area contributed by atoms with E-state index in [0.717, 1.165) is 21.7 Å². The zero-order chi connectivity index (χ0) is 22.1. The van der Waals surface area contributed by atoms with Gasteiger partial charge in [-0.2, -0.15) is 4.37 Å². The largest absolute Gasteiger partial charge is 0.364 e. The number of anilines is 1. The van der Waals surface area contributed by atoms with Crippen molar-refractivity contribution in [2.45, 2.75) is 31.6 Å². The molecule has 0 saturated carbocycles. The van der Waals surface area contributed by atoms with Gasteiger partial charge in [0.25, 0.3) is 5.91 Å². The Balaban J connectivity index is 0.000000242. The predicted octanol–water partition coefficient (Wildman–Crippen LogP) is 4.26. The lowest BCUT2D eigenvalue weighted by Gasteiger charge is -2.38. The van der Waals surface area contributed by atoms with E-state index in [2.05, 4.69) is 21.4 Å². The highest BCUT2D eigenvalue weighted by molar-refractivity contribution is 7.13. The molecule has 32 heavy (non-hydrogen) atoms. The maximum absolute atomic E-state index is 12.4. The number of primary amides is 1. The van der Waals surface area contributed by atoms with Crippen molar-refractivity contribution in [3.05, 3.63) is 59.8 Å². The Morgan fingerprint density at radius 3 is 2.38 bits per heavy atom. The second-order valence-electron chi connectivity index (χ2n) is 8.97.